The van der Waals surface area contributed by atoms with Gasteiger partial charge >= 0.3 is 12.0 Å². The molecule has 18 heavy (non-hydrogen) atoms. The fourth-order valence-corrected chi connectivity index (χ4v) is 2.16. The highest BCUT2D eigenvalue weighted by Gasteiger charge is 2.29. The van der Waals surface area contributed by atoms with Crippen molar-refractivity contribution in [2.24, 2.45) is 0 Å². The topological polar surface area (TPSA) is 78.9 Å². The molecular weight excluding hydrogens is 236 g/mol. The normalized spacial score (nSPS) is 22.5. The van der Waals surface area contributed by atoms with Crippen LogP contribution in [0.3, 0.4) is 0 Å². The lowest BCUT2D eigenvalue weighted by Gasteiger charge is -2.25. The molecule has 0 heterocycles. The van der Waals surface area contributed by atoms with Crippen LogP contribution >= 0.6 is 0 Å². The van der Waals surface area contributed by atoms with E-state index in [-0.39, 0.29) is 31.3 Å². The van der Waals surface area contributed by atoms with E-state index in [0.29, 0.717) is 0 Å². The number of urea groups is 1. The van der Waals surface area contributed by atoms with Crippen LogP contribution in [0.25, 0.3) is 0 Å². The van der Waals surface area contributed by atoms with Crippen molar-refractivity contribution in [3.05, 3.63) is 12.7 Å². The quantitative estimate of drug-likeness (QED) is 0.690. The molecule has 0 aromatic rings. The number of nitrogens with one attached hydrogen (secondary N) is 1. The van der Waals surface area contributed by atoms with Crippen LogP contribution in [0.2, 0.25) is 0 Å². The van der Waals surface area contributed by atoms with Crippen molar-refractivity contribution in [1.82, 2.24) is 10.2 Å². The van der Waals surface area contributed by atoms with E-state index in [1.54, 1.807) is 7.11 Å². The van der Waals surface area contributed by atoms with E-state index in [0.717, 1.165) is 19.3 Å². The van der Waals surface area contributed by atoms with Gasteiger partial charge in [0.25, 0.3) is 0 Å². The summed E-state index contributed by atoms with van der Waals surface area (Å²) >= 11 is 0. The smallest absolute Gasteiger partial charge is 0.323 e. The van der Waals surface area contributed by atoms with Crippen LogP contribution in [0, 0.1) is 0 Å². The van der Waals surface area contributed by atoms with Crippen LogP contribution in [0.5, 0.6) is 0 Å². The van der Waals surface area contributed by atoms with Gasteiger partial charge in [-0.15, -0.1) is 6.58 Å². The molecule has 1 rings (SSSR count). The minimum absolute atomic E-state index is 0.0179. The molecule has 0 aromatic heterocycles. The maximum absolute atomic E-state index is 11.9. The van der Waals surface area contributed by atoms with Crippen LogP contribution in [-0.2, 0) is 9.53 Å². The first-order chi connectivity index (χ1) is 8.58. The summed E-state index contributed by atoms with van der Waals surface area (Å²) in [6.45, 7) is 3.39. The molecule has 2 atom stereocenters. The molecule has 0 spiro atoms. The van der Waals surface area contributed by atoms with E-state index < -0.39 is 5.97 Å². The summed E-state index contributed by atoms with van der Waals surface area (Å²) in [5.41, 5.74) is 0. The van der Waals surface area contributed by atoms with Crippen molar-refractivity contribution >= 4 is 12.0 Å². The SMILES string of the molecule is C=CCN(CC(=O)O)C(=O)NC1CCCC1OC. The Bertz CT molecular complexity index is 319. The number of carbonyl (C=O) groups is 2. The number of hydrogen-bond acceptors (Lipinski definition) is 3. The molecule has 0 radical (unpaired) electrons. The molecule has 1 saturated carbocycles. The van der Waals surface area contributed by atoms with Crippen molar-refractivity contribution in [2.45, 2.75) is 31.4 Å². The molecule has 0 bridgehead atoms. The van der Waals surface area contributed by atoms with E-state index in [1.165, 1.54) is 11.0 Å². The van der Waals surface area contributed by atoms with Crippen LogP contribution in [-0.4, -0.2) is 54.4 Å². The van der Waals surface area contributed by atoms with Crippen molar-refractivity contribution in [2.75, 3.05) is 20.2 Å². The highest BCUT2D eigenvalue weighted by Crippen LogP contribution is 2.21. The molecule has 2 N–H and O–H groups in total. The van der Waals surface area contributed by atoms with Crippen molar-refractivity contribution in [3.63, 3.8) is 0 Å². The predicted octanol–water partition coefficient (Wildman–Crippen LogP) is 0.836. The Morgan fingerprint density at radius 2 is 2.28 bits per heavy atom. The summed E-state index contributed by atoms with van der Waals surface area (Å²) in [6, 6.07) is -0.421. The van der Waals surface area contributed by atoms with Crippen LogP contribution in [0.15, 0.2) is 12.7 Å². The van der Waals surface area contributed by atoms with E-state index >= 15 is 0 Å². The van der Waals surface area contributed by atoms with Gasteiger partial charge in [0, 0.05) is 13.7 Å². The fraction of sp³-hybridized carbons (Fsp3) is 0.667. The number of carbonyl (C=O) groups excluding carboxylic acids is 1. The molecule has 0 aromatic carbocycles. The average Bonchev–Trinajstić information content (AvgIpc) is 2.75. The number of carboxylic acids is 1. The molecule has 6 heteroatoms. The second-order valence-corrected chi connectivity index (χ2v) is 4.32. The standard InChI is InChI=1S/C12H20N2O4/c1-3-7-14(8-11(15)16)12(17)13-9-5-4-6-10(9)18-2/h3,9-10H,1,4-8H2,2H3,(H,13,17)(H,15,16). The van der Waals surface area contributed by atoms with Crippen LogP contribution < -0.4 is 5.32 Å². The van der Waals surface area contributed by atoms with Gasteiger partial charge in [0.1, 0.15) is 6.54 Å². The number of amides is 2. The molecular formula is C12H20N2O4. The van der Waals surface area contributed by atoms with Gasteiger partial charge in [-0.25, -0.2) is 4.79 Å². The number of rotatable bonds is 6. The Balaban J connectivity index is 2.54. The lowest BCUT2D eigenvalue weighted by Crippen LogP contribution is -2.49. The zero-order valence-corrected chi connectivity index (χ0v) is 10.6. The Kier molecular flexibility index (Phi) is 5.64. The minimum Gasteiger partial charge on any atom is -0.480 e. The van der Waals surface area contributed by atoms with E-state index in [2.05, 4.69) is 11.9 Å². The zero-order valence-electron chi connectivity index (χ0n) is 10.6. The minimum atomic E-state index is -1.04. The molecule has 1 aliphatic rings. The molecule has 6 nitrogen and oxygen atoms in total. The van der Waals surface area contributed by atoms with Crippen molar-refractivity contribution < 1.29 is 19.4 Å². The maximum atomic E-state index is 11.9. The number of methoxy groups -OCH3 is 1. The molecule has 0 aliphatic heterocycles. The number of aliphatic carboxylic acids is 1. The monoisotopic (exact) mass is 256 g/mol. The third-order valence-electron chi connectivity index (χ3n) is 3.03. The summed E-state index contributed by atoms with van der Waals surface area (Å²) in [6.07, 6.45) is 4.31. The van der Waals surface area contributed by atoms with Gasteiger partial charge in [0.15, 0.2) is 0 Å². The van der Waals surface area contributed by atoms with E-state index in [1.807, 2.05) is 0 Å². The first-order valence-electron chi connectivity index (χ1n) is 5.99. The molecule has 2 unspecified atom stereocenters. The highest BCUT2D eigenvalue weighted by molar-refractivity contribution is 5.80. The fourth-order valence-electron chi connectivity index (χ4n) is 2.16. The van der Waals surface area contributed by atoms with Crippen molar-refractivity contribution in [1.29, 1.82) is 0 Å². The molecule has 102 valence electrons. The van der Waals surface area contributed by atoms with Gasteiger partial charge in [-0.3, -0.25) is 4.79 Å². The number of ether oxygens (including phenoxy) is 1. The second kappa shape index (κ2) is 7.00. The third kappa shape index (κ3) is 4.03. The largest absolute Gasteiger partial charge is 0.480 e. The van der Waals surface area contributed by atoms with Gasteiger partial charge in [-0.1, -0.05) is 6.08 Å². The number of carboxylic acid groups (broad SMARTS) is 1. The van der Waals surface area contributed by atoms with Gasteiger partial charge in [-0.05, 0) is 19.3 Å². The average molecular weight is 256 g/mol. The van der Waals surface area contributed by atoms with E-state index in [4.69, 9.17) is 9.84 Å². The summed E-state index contributed by atoms with van der Waals surface area (Å²) in [4.78, 5) is 23.8. The molecule has 0 saturated heterocycles. The van der Waals surface area contributed by atoms with Gasteiger partial charge < -0.3 is 20.1 Å². The maximum Gasteiger partial charge on any atom is 0.323 e. The lowest BCUT2D eigenvalue weighted by molar-refractivity contribution is -0.137. The summed E-state index contributed by atoms with van der Waals surface area (Å²) < 4.78 is 5.28. The molecule has 1 fully saturated rings. The van der Waals surface area contributed by atoms with Crippen LogP contribution in [0.1, 0.15) is 19.3 Å². The Morgan fingerprint density at radius 1 is 1.56 bits per heavy atom. The Hall–Kier alpha value is -1.56. The van der Waals surface area contributed by atoms with Gasteiger partial charge in [0.2, 0.25) is 0 Å². The van der Waals surface area contributed by atoms with Crippen molar-refractivity contribution in [3.8, 4) is 0 Å². The first kappa shape index (κ1) is 14.5. The van der Waals surface area contributed by atoms with Gasteiger partial charge in [-0.2, -0.15) is 0 Å². The Morgan fingerprint density at radius 3 is 2.83 bits per heavy atom. The second-order valence-electron chi connectivity index (χ2n) is 4.32. The number of hydrogen-bond donors (Lipinski definition) is 2. The lowest BCUT2D eigenvalue weighted by atomic mass is 10.2. The molecule has 2 amide bonds. The summed E-state index contributed by atoms with van der Waals surface area (Å²) in [5.74, 6) is -1.04. The molecule has 1 aliphatic carbocycles. The van der Waals surface area contributed by atoms with Crippen LogP contribution in [0.4, 0.5) is 4.79 Å². The summed E-state index contributed by atoms with van der Waals surface area (Å²) in [7, 11) is 1.62. The van der Waals surface area contributed by atoms with E-state index in [9.17, 15) is 9.59 Å². The highest BCUT2D eigenvalue weighted by atomic mass is 16.5. The first-order valence-corrected chi connectivity index (χ1v) is 5.99. The van der Waals surface area contributed by atoms with Gasteiger partial charge in [0.05, 0.1) is 12.1 Å². The number of nitrogens with zero attached hydrogens (tertiary/aromatic N) is 1. The summed E-state index contributed by atoms with van der Waals surface area (Å²) in [5, 5.41) is 11.6. The zero-order chi connectivity index (χ0) is 13.5. The Labute approximate surface area is 107 Å². The predicted molar refractivity (Wildman–Crippen MR) is 66.4 cm³/mol. The third-order valence-corrected chi connectivity index (χ3v) is 3.03.